The molecule has 2 rings (SSSR count). The van der Waals surface area contributed by atoms with Gasteiger partial charge in [-0.25, -0.2) is 0 Å². The van der Waals surface area contributed by atoms with Crippen LogP contribution in [0.3, 0.4) is 0 Å². The first-order valence-corrected chi connectivity index (χ1v) is 6.35. The molecule has 18 heavy (non-hydrogen) atoms. The fourth-order valence-corrected chi connectivity index (χ4v) is 2.51. The SMILES string of the molecule is CC(C)(C)OC(=O)CC1(N)Cc2ccccc2C1. The maximum Gasteiger partial charge on any atom is 0.308 e. The second-order valence-corrected chi connectivity index (χ2v) is 6.25. The van der Waals surface area contributed by atoms with E-state index in [-0.39, 0.29) is 12.4 Å². The lowest BCUT2D eigenvalue weighted by Gasteiger charge is -2.26. The largest absolute Gasteiger partial charge is 0.460 e. The third-order valence-corrected chi connectivity index (χ3v) is 3.12. The van der Waals surface area contributed by atoms with Crippen LogP contribution in [-0.4, -0.2) is 17.1 Å². The molecule has 0 atom stereocenters. The zero-order chi connectivity index (χ0) is 13.4. The number of hydrogen-bond acceptors (Lipinski definition) is 3. The molecule has 0 aromatic heterocycles. The van der Waals surface area contributed by atoms with Crippen LogP contribution in [0.4, 0.5) is 0 Å². The Labute approximate surface area is 108 Å². The minimum Gasteiger partial charge on any atom is -0.460 e. The van der Waals surface area contributed by atoms with Crippen LogP contribution >= 0.6 is 0 Å². The predicted molar refractivity (Wildman–Crippen MR) is 71.2 cm³/mol. The van der Waals surface area contributed by atoms with Crippen molar-refractivity contribution in [2.45, 2.75) is 51.2 Å². The Bertz CT molecular complexity index is 435. The van der Waals surface area contributed by atoms with Gasteiger partial charge in [-0.15, -0.1) is 0 Å². The Morgan fingerprint density at radius 3 is 2.22 bits per heavy atom. The molecule has 1 aliphatic carbocycles. The molecule has 2 N–H and O–H groups in total. The molecule has 0 aliphatic heterocycles. The molecular formula is C15H21NO2. The monoisotopic (exact) mass is 247 g/mol. The zero-order valence-corrected chi connectivity index (χ0v) is 11.3. The van der Waals surface area contributed by atoms with Crippen LogP contribution in [0.15, 0.2) is 24.3 Å². The first kappa shape index (κ1) is 13.1. The molecule has 3 heteroatoms. The van der Waals surface area contributed by atoms with Crippen LogP contribution < -0.4 is 5.73 Å². The van der Waals surface area contributed by atoms with Crippen LogP contribution in [0.5, 0.6) is 0 Å². The lowest BCUT2D eigenvalue weighted by molar-refractivity contribution is -0.156. The highest BCUT2D eigenvalue weighted by Crippen LogP contribution is 2.31. The summed E-state index contributed by atoms with van der Waals surface area (Å²) < 4.78 is 5.34. The molecule has 0 radical (unpaired) electrons. The zero-order valence-electron chi connectivity index (χ0n) is 11.3. The minimum absolute atomic E-state index is 0.210. The molecule has 1 aliphatic rings. The standard InChI is InChI=1S/C15H21NO2/c1-14(2,3)18-13(17)10-15(16)8-11-6-4-5-7-12(11)9-15/h4-7H,8-10,16H2,1-3H3. The Kier molecular flexibility index (Phi) is 3.20. The number of rotatable bonds is 2. The number of nitrogens with two attached hydrogens (primary N) is 1. The highest BCUT2D eigenvalue weighted by Gasteiger charge is 2.36. The Morgan fingerprint density at radius 1 is 1.28 bits per heavy atom. The summed E-state index contributed by atoms with van der Waals surface area (Å²) in [6, 6.07) is 8.19. The quantitative estimate of drug-likeness (QED) is 0.815. The smallest absolute Gasteiger partial charge is 0.308 e. The summed E-state index contributed by atoms with van der Waals surface area (Å²) in [5.74, 6) is -0.210. The van der Waals surface area contributed by atoms with Gasteiger partial charge in [-0.1, -0.05) is 24.3 Å². The maximum absolute atomic E-state index is 11.9. The van der Waals surface area contributed by atoms with Crippen molar-refractivity contribution in [2.24, 2.45) is 5.73 Å². The van der Waals surface area contributed by atoms with Gasteiger partial charge in [0.1, 0.15) is 5.60 Å². The Balaban J connectivity index is 2.02. The summed E-state index contributed by atoms with van der Waals surface area (Å²) in [5, 5.41) is 0. The minimum atomic E-state index is -0.480. The Hall–Kier alpha value is -1.35. The van der Waals surface area contributed by atoms with Crippen molar-refractivity contribution in [3.63, 3.8) is 0 Å². The second kappa shape index (κ2) is 4.39. The number of ether oxygens (including phenoxy) is 1. The lowest BCUT2D eigenvalue weighted by Crippen LogP contribution is -2.44. The lowest BCUT2D eigenvalue weighted by atomic mass is 9.93. The summed E-state index contributed by atoms with van der Waals surface area (Å²) in [7, 11) is 0. The first-order chi connectivity index (χ1) is 8.27. The molecule has 1 aromatic carbocycles. The number of carbonyl (C=O) groups is 1. The average molecular weight is 247 g/mol. The number of hydrogen-bond donors (Lipinski definition) is 1. The van der Waals surface area contributed by atoms with E-state index in [1.54, 1.807) is 0 Å². The first-order valence-electron chi connectivity index (χ1n) is 6.35. The van der Waals surface area contributed by atoms with Gasteiger partial charge in [0.15, 0.2) is 0 Å². The summed E-state index contributed by atoms with van der Waals surface area (Å²) in [6.45, 7) is 5.62. The Morgan fingerprint density at radius 2 is 1.78 bits per heavy atom. The van der Waals surface area contributed by atoms with E-state index in [1.165, 1.54) is 11.1 Å². The molecule has 0 spiro atoms. The molecule has 0 unspecified atom stereocenters. The number of esters is 1. The van der Waals surface area contributed by atoms with Crippen molar-refractivity contribution in [1.29, 1.82) is 0 Å². The number of fused-ring (bicyclic) bond motifs is 1. The van der Waals surface area contributed by atoms with Crippen LogP contribution in [0.25, 0.3) is 0 Å². The van der Waals surface area contributed by atoms with Gasteiger partial charge >= 0.3 is 5.97 Å². The maximum atomic E-state index is 11.9. The van der Waals surface area contributed by atoms with Crippen LogP contribution in [0.2, 0.25) is 0 Å². The van der Waals surface area contributed by atoms with Crippen LogP contribution in [0, 0.1) is 0 Å². The van der Waals surface area contributed by atoms with E-state index in [2.05, 4.69) is 12.1 Å². The number of carbonyl (C=O) groups excluding carboxylic acids is 1. The van der Waals surface area contributed by atoms with Crippen molar-refractivity contribution in [1.82, 2.24) is 0 Å². The molecule has 0 saturated heterocycles. The summed E-state index contributed by atoms with van der Waals surface area (Å²) >= 11 is 0. The van der Waals surface area contributed by atoms with Gasteiger partial charge in [-0.2, -0.15) is 0 Å². The van der Waals surface area contributed by atoms with Gasteiger partial charge in [0.25, 0.3) is 0 Å². The molecule has 0 fully saturated rings. The van der Waals surface area contributed by atoms with E-state index >= 15 is 0 Å². The molecule has 0 saturated carbocycles. The average Bonchev–Trinajstić information content (AvgIpc) is 2.49. The third kappa shape index (κ3) is 3.10. The fourth-order valence-electron chi connectivity index (χ4n) is 2.51. The normalized spacial score (nSPS) is 17.3. The number of benzene rings is 1. The fraction of sp³-hybridized carbons (Fsp3) is 0.533. The highest BCUT2D eigenvalue weighted by atomic mass is 16.6. The summed E-state index contributed by atoms with van der Waals surface area (Å²) in [6.07, 6.45) is 1.78. The predicted octanol–water partition coefficient (Wildman–Crippen LogP) is 2.21. The van der Waals surface area contributed by atoms with Gasteiger partial charge in [0, 0.05) is 5.54 Å². The van der Waals surface area contributed by atoms with E-state index in [1.807, 2.05) is 32.9 Å². The summed E-state index contributed by atoms with van der Waals surface area (Å²) in [4.78, 5) is 11.9. The molecule has 0 amide bonds. The molecular weight excluding hydrogens is 226 g/mol. The molecule has 0 bridgehead atoms. The molecule has 0 heterocycles. The van der Waals surface area contributed by atoms with E-state index < -0.39 is 11.1 Å². The topological polar surface area (TPSA) is 52.3 Å². The molecule has 3 nitrogen and oxygen atoms in total. The van der Waals surface area contributed by atoms with Gasteiger partial charge in [-0.3, -0.25) is 4.79 Å². The van der Waals surface area contributed by atoms with Crippen molar-refractivity contribution in [3.8, 4) is 0 Å². The van der Waals surface area contributed by atoms with Crippen molar-refractivity contribution in [3.05, 3.63) is 35.4 Å². The van der Waals surface area contributed by atoms with Crippen LogP contribution in [-0.2, 0) is 22.4 Å². The summed E-state index contributed by atoms with van der Waals surface area (Å²) in [5.41, 5.74) is 7.91. The van der Waals surface area contributed by atoms with Gasteiger partial charge in [0.2, 0.25) is 0 Å². The molecule has 1 aromatic rings. The second-order valence-electron chi connectivity index (χ2n) is 6.25. The van der Waals surface area contributed by atoms with Gasteiger partial charge in [0.05, 0.1) is 6.42 Å². The van der Waals surface area contributed by atoms with Crippen LogP contribution in [0.1, 0.15) is 38.3 Å². The highest BCUT2D eigenvalue weighted by molar-refractivity contribution is 5.72. The van der Waals surface area contributed by atoms with E-state index in [0.717, 1.165) is 12.8 Å². The van der Waals surface area contributed by atoms with E-state index in [0.29, 0.717) is 0 Å². The van der Waals surface area contributed by atoms with E-state index in [4.69, 9.17) is 10.5 Å². The van der Waals surface area contributed by atoms with Crippen molar-refractivity contribution in [2.75, 3.05) is 0 Å². The molecule has 98 valence electrons. The van der Waals surface area contributed by atoms with Gasteiger partial charge in [-0.05, 0) is 44.7 Å². The van der Waals surface area contributed by atoms with E-state index in [9.17, 15) is 4.79 Å². The van der Waals surface area contributed by atoms with Gasteiger partial charge < -0.3 is 10.5 Å². The van der Waals surface area contributed by atoms with Crippen molar-refractivity contribution < 1.29 is 9.53 Å². The van der Waals surface area contributed by atoms with Crippen molar-refractivity contribution >= 4 is 5.97 Å². The third-order valence-electron chi connectivity index (χ3n) is 3.12.